The summed E-state index contributed by atoms with van der Waals surface area (Å²) in [6, 6.07) is 21.9. The fourth-order valence-corrected chi connectivity index (χ4v) is 7.23. The van der Waals surface area contributed by atoms with E-state index in [2.05, 4.69) is 20.1 Å². The van der Waals surface area contributed by atoms with Gasteiger partial charge in [0.05, 0.1) is 11.4 Å². The predicted molar refractivity (Wildman–Crippen MR) is 190 cm³/mol. The molecule has 1 unspecified atom stereocenters. The lowest BCUT2D eigenvalue weighted by molar-refractivity contribution is -0.504. The monoisotopic (exact) mass is 641 g/mol. The largest absolute Gasteiger partial charge is 0.507 e. The number of nitrogens with one attached hydrogen (secondary N) is 2. The molecule has 0 spiro atoms. The van der Waals surface area contributed by atoms with E-state index in [1.54, 1.807) is 24.3 Å². The normalized spacial score (nSPS) is 20.8. The Labute approximate surface area is 281 Å². The SMILES string of the molecule is CC1=C/C(=C2\C(O)=C(c3cc(C)c(N4CCCC4)cc3NC(=O)c3ccccc3)C2O)C(NC(=O)c2ccccc2)=CC1=[N+]1CCCC1. The minimum absolute atomic E-state index is 0.0606. The summed E-state index contributed by atoms with van der Waals surface area (Å²) in [5, 5.41) is 29.8. The third-order valence-electron chi connectivity index (χ3n) is 9.77. The van der Waals surface area contributed by atoms with E-state index in [1.807, 2.05) is 74.5 Å². The molecule has 4 aliphatic rings. The van der Waals surface area contributed by atoms with Crippen LogP contribution in [0.1, 0.15) is 64.4 Å². The van der Waals surface area contributed by atoms with Crippen LogP contribution in [0.3, 0.4) is 0 Å². The maximum Gasteiger partial charge on any atom is 0.255 e. The molecule has 3 aromatic carbocycles. The smallest absolute Gasteiger partial charge is 0.255 e. The van der Waals surface area contributed by atoms with Gasteiger partial charge < -0.3 is 25.7 Å². The Hall–Kier alpha value is -5.21. The molecule has 0 aromatic heterocycles. The van der Waals surface area contributed by atoms with Crippen molar-refractivity contribution in [3.05, 3.63) is 135 Å². The van der Waals surface area contributed by atoms with Crippen molar-refractivity contribution in [1.82, 2.24) is 5.32 Å². The second-order valence-corrected chi connectivity index (χ2v) is 13.0. The number of amides is 2. The number of hydrogen-bond acceptors (Lipinski definition) is 5. The highest BCUT2D eigenvalue weighted by molar-refractivity contribution is 6.10. The first-order chi connectivity index (χ1) is 23.3. The molecule has 0 bridgehead atoms. The molecule has 8 heteroatoms. The van der Waals surface area contributed by atoms with E-state index in [4.69, 9.17) is 0 Å². The van der Waals surface area contributed by atoms with Gasteiger partial charge in [-0.15, -0.1) is 0 Å². The molecule has 2 aliphatic heterocycles. The number of rotatable bonds is 6. The van der Waals surface area contributed by atoms with Gasteiger partial charge in [0.25, 0.3) is 11.8 Å². The quantitative estimate of drug-likeness (QED) is 0.236. The number of hydrogen-bond donors (Lipinski definition) is 4. The molecule has 2 amide bonds. The van der Waals surface area contributed by atoms with Crippen LogP contribution in [0.4, 0.5) is 11.4 Å². The summed E-state index contributed by atoms with van der Waals surface area (Å²) in [6.45, 7) is 7.78. The fraction of sp³-hybridized carbons (Fsp3) is 0.275. The third-order valence-corrected chi connectivity index (χ3v) is 9.77. The van der Waals surface area contributed by atoms with E-state index < -0.39 is 6.10 Å². The van der Waals surface area contributed by atoms with Crippen molar-refractivity contribution < 1.29 is 24.4 Å². The van der Waals surface area contributed by atoms with E-state index >= 15 is 0 Å². The second-order valence-electron chi connectivity index (χ2n) is 13.0. The molecule has 48 heavy (non-hydrogen) atoms. The van der Waals surface area contributed by atoms with Gasteiger partial charge in [-0.1, -0.05) is 36.4 Å². The van der Waals surface area contributed by atoms with E-state index in [0.29, 0.717) is 44.8 Å². The third kappa shape index (κ3) is 5.88. The zero-order chi connectivity index (χ0) is 33.4. The lowest BCUT2D eigenvalue weighted by atomic mass is 9.76. The number of aliphatic hydroxyl groups is 2. The van der Waals surface area contributed by atoms with Crippen molar-refractivity contribution in [1.29, 1.82) is 0 Å². The predicted octanol–water partition coefficient (Wildman–Crippen LogP) is 6.31. The molecule has 4 N–H and O–H groups in total. The number of allylic oxidation sites excluding steroid dienone is 3. The van der Waals surface area contributed by atoms with E-state index in [-0.39, 0.29) is 17.6 Å². The molecular weight excluding hydrogens is 600 g/mol. The minimum atomic E-state index is -1.15. The van der Waals surface area contributed by atoms with Crippen molar-refractivity contribution in [2.75, 3.05) is 36.4 Å². The summed E-state index contributed by atoms with van der Waals surface area (Å²) in [5.41, 5.74) is 7.91. The number of carbonyl (C=O) groups excluding carboxylic acids is 2. The van der Waals surface area contributed by atoms with Crippen molar-refractivity contribution >= 4 is 34.5 Å². The maximum atomic E-state index is 13.4. The minimum Gasteiger partial charge on any atom is -0.507 e. The fourth-order valence-electron chi connectivity index (χ4n) is 7.23. The first kappa shape index (κ1) is 31.4. The van der Waals surface area contributed by atoms with Gasteiger partial charge in [-0.2, -0.15) is 0 Å². The number of anilines is 2. The number of carbonyl (C=O) groups is 2. The Bertz CT molecular complexity index is 1940. The molecule has 2 aliphatic carbocycles. The van der Waals surface area contributed by atoms with Crippen LogP contribution in [0.25, 0.3) is 5.57 Å². The Morgan fingerprint density at radius 3 is 2.00 bits per heavy atom. The van der Waals surface area contributed by atoms with Crippen LogP contribution >= 0.6 is 0 Å². The van der Waals surface area contributed by atoms with Crippen molar-refractivity contribution in [2.24, 2.45) is 0 Å². The van der Waals surface area contributed by atoms with Gasteiger partial charge >= 0.3 is 0 Å². The second kappa shape index (κ2) is 13.1. The van der Waals surface area contributed by atoms with Gasteiger partial charge in [0.1, 0.15) is 25.0 Å². The number of aryl methyl sites for hydroxylation is 1. The first-order valence-corrected chi connectivity index (χ1v) is 16.8. The Kier molecular flexibility index (Phi) is 8.58. The van der Waals surface area contributed by atoms with Gasteiger partial charge in [0, 0.05) is 76.7 Å². The molecule has 0 radical (unpaired) electrons. The van der Waals surface area contributed by atoms with Crippen LogP contribution < -0.4 is 15.5 Å². The molecule has 3 aromatic rings. The number of aliphatic hydroxyl groups excluding tert-OH is 2. The zero-order valence-electron chi connectivity index (χ0n) is 27.4. The van der Waals surface area contributed by atoms with Crippen LogP contribution in [-0.2, 0) is 0 Å². The highest BCUT2D eigenvalue weighted by Gasteiger charge is 2.40. The summed E-state index contributed by atoms with van der Waals surface area (Å²) in [7, 11) is 0. The van der Waals surface area contributed by atoms with Crippen LogP contribution in [0, 0.1) is 6.92 Å². The summed E-state index contributed by atoms with van der Waals surface area (Å²) in [6.07, 6.45) is 7.18. The Morgan fingerprint density at radius 1 is 0.792 bits per heavy atom. The summed E-state index contributed by atoms with van der Waals surface area (Å²) >= 11 is 0. The van der Waals surface area contributed by atoms with E-state index in [1.165, 1.54) is 0 Å². The highest BCUT2D eigenvalue weighted by Crippen LogP contribution is 2.47. The van der Waals surface area contributed by atoms with Gasteiger partial charge in [-0.05, 0) is 74.7 Å². The molecular formula is C40H41N4O4+. The molecule has 244 valence electrons. The van der Waals surface area contributed by atoms with Crippen molar-refractivity contribution in [3.63, 3.8) is 0 Å². The van der Waals surface area contributed by atoms with Crippen molar-refractivity contribution in [2.45, 2.75) is 45.6 Å². The average Bonchev–Trinajstić information content (AvgIpc) is 3.84. The summed E-state index contributed by atoms with van der Waals surface area (Å²) in [4.78, 5) is 29.1. The Balaban J connectivity index is 1.32. The summed E-state index contributed by atoms with van der Waals surface area (Å²) in [5.74, 6) is -0.606. The van der Waals surface area contributed by atoms with Gasteiger partial charge in [0.15, 0.2) is 0 Å². The van der Waals surface area contributed by atoms with Gasteiger partial charge in [0.2, 0.25) is 5.71 Å². The number of benzene rings is 3. The standard InChI is InChI=1S/C40H40N4O4/c1-25-21-29(31(23-33(25)43-17-9-10-18-43)41-39(47)27-13-5-3-6-14-27)35-37(45)36(38(35)46)30-22-26(2)34(44-19-11-12-20-44)24-32(30)42-40(48)28-15-7-4-8-16-28/h3-8,13-16,21-24,37,45H,9-12,17-20H2,1-2H3,(H2,41,42,46,47,48)/p+1. The van der Waals surface area contributed by atoms with Crippen molar-refractivity contribution in [3.8, 4) is 0 Å². The maximum absolute atomic E-state index is 13.4. The Morgan fingerprint density at radius 2 is 1.40 bits per heavy atom. The number of nitrogens with zero attached hydrogens (tertiary/aromatic N) is 2. The van der Waals surface area contributed by atoms with Crippen LogP contribution in [0.15, 0.2) is 113 Å². The lowest BCUT2D eigenvalue weighted by Crippen LogP contribution is -2.34. The average molecular weight is 642 g/mol. The molecule has 2 heterocycles. The van der Waals surface area contributed by atoms with Gasteiger partial charge in [-0.3, -0.25) is 9.59 Å². The molecule has 2 saturated heterocycles. The molecule has 8 nitrogen and oxygen atoms in total. The molecule has 1 atom stereocenters. The van der Waals surface area contributed by atoms with Crippen LogP contribution in [0.2, 0.25) is 0 Å². The van der Waals surface area contributed by atoms with Gasteiger partial charge in [-0.25, -0.2) is 4.58 Å². The first-order valence-electron chi connectivity index (χ1n) is 16.8. The highest BCUT2D eigenvalue weighted by atomic mass is 16.3. The zero-order valence-corrected chi connectivity index (χ0v) is 27.4. The molecule has 2 fully saturated rings. The van der Waals surface area contributed by atoms with E-state index in [9.17, 15) is 19.8 Å². The topological polar surface area (TPSA) is 105 Å². The van der Waals surface area contributed by atoms with Crippen LogP contribution in [-0.4, -0.2) is 64.6 Å². The lowest BCUT2D eigenvalue weighted by Gasteiger charge is -2.34. The van der Waals surface area contributed by atoms with E-state index in [0.717, 1.165) is 74.4 Å². The molecule has 0 saturated carbocycles. The summed E-state index contributed by atoms with van der Waals surface area (Å²) < 4.78 is 2.31. The molecule has 7 rings (SSSR count). The van der Waals surface area contributed by atoms with Crippen LogP contribution in [0.5, 0.6) is 0 Å².